The Morgan fingerprint density at radius 2 is 1.89 bits per heavy atom. The van der Waals surface area contributed by atoms with Crippen molar-refractivity contribution in [3.63, 3.8) is 0 Å². The van der Waals surface area contributed by atoms with Gasteiger partial charge in [-0.25, -0.2) is 4.79 Å². The van der Waals surface area contributed by atoms with Crippen LogP contribution in [-0.4, -0.2) is 51.0 Å². The van der Waals surface area contributed by atoms with Crippen LogP contribution < -0.4 is 21.9 Å². The maximum absolute atomic E-state index is 12.9. The molecule has 10 heteroatoms. The van der Waals surface area contributed by atoms with Gasteiger partial charge in [0.15, 0.2) is 5.69 Å². The Kier molecular flexibility index (Phi) is 6.74. The van der Waals surface area contributed by atoms with Crippen molar-refractivity contribution >= 4 is 35.1 Å². The molecule has 0 radical (unpaired) electrons. The summed E-state index contributed by atoms with van der Waals surface area (Å²) in [4.78, 5) is 54.4. The summed E-state index contributed by atoms with van der Waals surface area (Å²) < 4.78 is 1.28. The molecule has 2 rings (SSSR count). The number of nitrogens with one attached hydrogen (secondary N) is 1. The summed E-state index contributed by atoms with van der Waals surface area (Å²) in [6, 6.07) is 0. The summed E-state index contributed by atoms with van der Waals surface area (Å²) >= 11 is 1.44. The molecule has 1 aromatic heterocycles. The van der Waals surface area contributed by atoms with Gasteiger partial charge in [-0.05, 0) is 11.8 Å². The summed E-state index contributed by atoms with van der Waals surface area (Å²) in [6.45, 7) is 8.10. The second-order valence-corrected chi connectivity index (χ2v) is 8.42. The number of hydrogen-bond donors (Lipinski definition) is 2. The summed E-state index contributed by atoms with van der Waals surface area (Å²) in [6.07, 6.45) is 0. The molecule has 0 atom stereocenters. The smallest absolute Gasteiger partial charge is 0.330 e. The first-order chi connectivity index (χ1) is 12.6. The number of nitrogens with two attached hydrogens (primary N) is 1. The van der Waals surface area contributed by atoms with E-state index in [9.17, 15) is 19.2 Å². The molecule has 9 nitrogen and oxygen atoms in total. The van der Waals surface area contributed by atoms with Crippen LogP contribution in [0.3, 0.4) is 0 Å². The molecule has 0 aromatic carbocycles. The van der Waals surface area contributed by atoms with Crippen LogP contribution in [0.4, 0.5) is 11.5 Å². The van der Waals surface area contributed by atoms with Gasteiger partial charge in [-0.3, -0.25) is 23.9 Å². The number of rotatable bonds is 7. The lowest BCUT2D eigenvalue weighted by atomic mass is 10.2. The molecule has 0 bridgehead atoms. The van der Waals surface area contributed by atoms with Crippen molar-refractivity contribution in [1.82, 2.24) is 14.5 Å². The lowest BCUT2D eigenvalue weighted by Gasteiger charge is -2.28. The van der Waals surface area contributed by atoms with Crippen molar-refractivity contribution in [3.8, 4) is 0 Å². The number of nitrogens with zero attached hydrogens (tertiary/aromatic N) is 3. The maximum atomic E-state index is 12.9. The van der Waals surface area contributed by atoms with E-state index in [1.54, 1.807) is 0 Å². The van der Waals surface area contributed by atoms with Crippen LogP contribution in [0, 0.1) is 11.8 Å². The number of hydrogen-bond acceptors (Lipinski definition) is 6. The normalized spacial score (nSPS) is 14.4. The Morgan fingerprint density at radius 3 is 2.41 bits per heavy atom. The van der Waals surface area contributed by atoms with Gasteiger partial charge in [-0.1, -0.05) is 27.7 Å². The highest BCUT2D eigenvalue weighted by molar-refractivity contribution is 8.00. The number of carbonyl (C=O) groups excluding carboxylic acids is 2. The van der Waals surface area contributed by atoms with E-state index in [-0.39, 0.29) is 42.3 Å². The second kappa shape index (κ2) is 8.64. The summed E-state index contributed by atoms with van der Waals surface area (Å²) in [7, 11) is 0. The zero-order chi connectivity index (χ0) is 20.3. The quantitative estimate of drug-likeness (QED) is 0.682. The monoisotopic (exact) mass is 397 g/mol. The van der Waals surface area contributed by atoms with Crippen molar-refractivity contribution in [3.05, 3.63) is 20.8 Å². The van der Waals surface area contributed by atoms with E-state index in [2.05, 4.69) is 4.98 Å². The van der Waals surface area contributed by atoms with Gasteiger partial charge in [0.2, 0.25) is 11.8 Å². The number of aromatic nitrogens is 2. The van der Waals surface area contributed by atoms with Crippen molar-refractivity contribution in [2.45, 2.75) is 34.2 Å². The minimum absolute atomic E-state index is 0.0337. The molecule has 1 aromatic rings. The first-order valence-corrected chi connectivity index (χ1v) is 10.1. The number of H-pyrrole nitrogens is 1. The zero-order valence-corrected chi connectivity index (χ0v) is 17.0. The lowest BCUT2D eigenvalue weighted by molar-refractivity contribution is -0.131. The molecule has 1 saturated heterocycles. The van der Waals surface area contributed by atoms with Crippen LogP contribution in [0.5, 0.6) is 0 Å². The number of amides is 2. The Bertz CT molecular complexity index is 830. The highest BCUT2D eigenvalue weighted by Gasteiger charge is 2.29. The van der Waals surface area contributed by atoms with Gasteiger partial charge in [-0.15, -0.1) is 11.8 Å². The third kappa shape index (κ3) is 4.94. The second-order valence-electron chi connectivity index (χ2n) is 7.47. The standard InChI is InChI=1S/C17H27N5O4S/c1-10(2)5-21(12(23)7-20-9-27-8-13(20)24)14-15(18)22(6-11(3)4)17(26)19-16(14)25/h10-11H,5-9,18H2,1-4H3,(H,19,25,26). The number of thioether (sulfide) groups is 1. The largest absolute Gasteiger partial charge is 0.383 e. The van der Waals surface area contributed by atoms with Crippen molar-refractivity contribution < 1.29 is 9.59 Å². The average molecular weight is 398 g/mol. The molecule has 0 unspecified atom stereocenters. The summed E-state index contributed by atoms with van der Waals surface area (Å²) in [5.74, 6) is 0.432. The molecule has 1 fully saturated rings. The van der Waals surface area contributed by atoms with Gasteiger partial charge in [0.1, 0.15) is 12.4 Å². The first kappa shape index (κ1) is 21.1. The Hall–Kier alpha value is -2.23. The SMILES string of the molecule is CC(C)CN(C(=O)CN1CSCC1=O)c1c(N)n(CC(C)C)c(=O)[nH]c1=O. The van der Waals surface area contributed by atoms with E-state index in [0.29, 0.717) is 18.2 Å². The van der Waals surface area contributed by atoms with E-state index < -0.39 is 17.2 Å². The molecular weight excluding hydrogens is 370 g/mol. The predicted molar refractivity (Wildman–Crippen MR) is 107 cm³/mol. The highest BCUT2D eigenvalue weighted by atomic mass is 32.2. The fourth-order valence-corrected chi connectivity index (χ4v) is 3.76. The zero-order valence-electron chi connectivity index (χ0n) is 16.2. The van der Waals surface area contributed by atoms with E-state index in [1.807, 2.05) is 27.7 Å². The van der Waals surface area contributed by atoms with E-state index in [1.165, 1.54) is 26.1 Å². The van der Waals surface area contributed by atoms with E-state index in [4.69, 9.17) is 5.73 Å². The first-order valence-electron chi connectivity index (χ1n) is 8.90. The van der Waals surface area contributed by atoms with Gasteiger partial charge < -0.3 is 15.5 Å². The molecule has 150 valence electrons. The molecule has 27 heavy (non-hydrogen) atoms. The lowest BCUT2D eigenvalue weighted by Crippen LogP contribution is -2.47. The molecule has 2 heterocycles. The Morgan fingerprint density at radius 1 is 1.22 bits per heavy atom. The summed E-state index contributed by atoms with van der Waals surface area (Å²) in [5, 5.41) is 0. The molecule has 3 N–H and O–H groups in total. The van der Waals surface area contributed by atoms with Crippen LogP contribution >= 0.6 is 11.8 Å². The fourth-order valence-electron chi connectivity index (χ4n) is 2.86. The third-order valence-electron chi connectivity index (χ3n) is 4.03. The van der Waals surface area contributed by atoms with Crippen LogP contribution in [0.25, 0.3) is 0 Å². The van der Waals surface area contributed by atoms with Crippen LogP contribution in [0.2, 0.25) is 0 Å². The number of carbonyl (C=O) groups is 2. The molecule has 2 amide bonds. The van der Waals surface area contributed by atoms with Gasteiger partial charge >= 0.3 is 5.69 Å². The topological polar surface area (TPSA) is 121 Å². The maximum Gasteiger partial charge on any atom is 0.330 e. The molecular formula is C17H27N5O4S. The molecule has 1 aliphatic rings. The van der Waals surface area contributed by atoms with Crippen molar-refractivity contribution in [1.29, 1.82) is 0 Å². The van der Waals surface area contributed by atoms with Gasteiger partial charge in [0.25, 0.3) is 5.56 Å². The van der Waals surface area contributed by atoms with Crippen LogP contribution in [0.15, 0.2) is 9.59 Å². The predicted octanol–water partition coefficient (Wildman–Crippen LogP) is 0.297. The molecule has 0 saturated carbocycles. The van der Waals surface area contributed by atoms with Gasteiger partial charge in [0, 0.05) is 13.1 Å². The van der Waals surface area contributed by atoms with Gasteiger partial charge in [0.05, 0.1) is 11.6 Å². The number of nitrogen functional groups attached to an aromatic ring is 1. The highest BCUT2D eigenvalue weighted by Crippen LogP contribution is 2.21. The van der Waals surface area contributed by atoms with Crippen molar-refractivity contribution in [2.24, 2.45) is 11.8 Å². The summed E-state index contributed by atoms with van der Waals surface area (Å²) in [5.41, 5.74) is 4.81. The Labute approximate surface area is 161 Å². The van der Waals surface area contributed by atoms with Gasteiger partial charge in [-0.2, -0.15) is 0 Å². The average Bonchev–Trinajstić information content (AvgIpc) is 2.94. The van der Waals surface area contributed by atoms with Crippen LogP contribution in [-0.2, 0) is 16.1 Å². The fraction of sp³-hybridized carbons (Fsp3) is 0.647. The number of anilines is 2. The molecule has 1 aliphatic heterocycles. The van der Waals surface area contributed by atoms with Crippen LogP contribution in [0.1, 0.15) is 27.7 Å². The molecule has 0 aliphatic carbocycles. The third-order valence-corrected chi connectivity index (χ3v) is 4.98. The number of aromatic amines is 1. The van der Waals surface area contributed by atoms with E-state index >= 15 is 0 Å². The molecule has 0 spiro atoms. The minimum atomic E-state index is -0.700. The van der Waals surface area contributed by atoms with E-state index in [0.717, 1.165) is 0 Å². The van der Waals surface area contributed by atoms with Crippen molar-refractivity contribution in [2.75, 3.05) is 35.4 Å². The Balaban J connectivity index is 2.46. The minimum Gasteiger partial charge on any atom is -0.383 e.